The molecule has 0 bridgehead atoms. The predicted molar refractivity (Wildman–Crippen MR) is 37.8 cm³/mol. The van der Waals surface area contributed by atoms with Crippen LogP contribution in [0.5, 0.6) is 0 Å². The van der Waals surface area contributed by atoms with E-state index < -0.39 is 30.5 Å². The van der Waals surface area contributed by atoms with Crippen LogP contribution in [0.2, 0.25) is 0 Å². The third-order valence-corrected chi connectivity index (χ3v) is 1.36. The molecule has 0 aliphatic heterocycles. The summed E-state index contributed by atoms with van der Waals surface area (Å²) in [7, 11) is 0.618. The largest absolute Gasteiger partial charge is 0.463 e. The normalized spacial score (nSPS) is 12.4. The SMILES string of the molecule is CN(CC(N)=O)C(=O)C(F)(F)C(F)(F)F. The fraction of sp³-hybridized carbons (Fsp3) is 0.667. The molecule has 0 aliphatic rings. The number of rotatable bonds is 3. The van der Waals surface area contributed by atoms with Crippen LogP contribution in [0.4, 0.5) is 22.0 Å². The number of halogens is 5. The Kier molecular flexibility index (Phi) is 3.61. The van der Waals surface area contributed by atoms with Crippen LogP contribution in [0.15, 0.2) is 0 Å². The fourth-order valence-corrected chi connectivity index (χ4v) is 0.667. The number of amides is 2. The fourth-order valence-electron chi connectivity index (χ4n) is 0.667. The van der Waals surface area contributed by atoms with Gasteiger partial charge in [-0.25, -0.2) is 0 Å². The zero-order chi connectivity index (χ0) is 12.4. The van der Waals surface area contributed by atoms with Crippen LogP contribution in [0.3, 0.4) is 0 Å². The van der Waals surface area contributed by atoms with Gasteiger partial charge in [-0.3, -0.25) is 9.59 Å². The molecule has 0 saturated heterocycles. The van der Waals surface area contributed by atoms with Crippen LogP contribution >= 0.6 is 0 Å². The Hall–Kier alpha value is -1.41. The summed E-state index contributed by atoms with van der Waals surface area (Å²) in [6.45, 7) is -1.01. The van der Waals surface area contributed by atoms with Gasteiger partial charge in [0.1, 0.15) is 0 Å². The van der Waals surface area contributed by atoms with Crippen molar-refractivity contribution in [1.29, 1.82) is 0 Å². The first-order valence-electron chi connectivity index (χ1n) is 3.48. The van der Waals surface area contributed by atoms with Crippen molar-refractivity contribution >= 4 is 11.8 Å². The average molecular weight is 234 g/mol. The smallest absolute Gasteiger partial charge is 0.368 e. The number of nitrogens with zero attached hydrogens (tertiary/aromatic N) is 1. The van der Waals surface area contributed by atoms with Crippen LogP contribution in [0, 0.1) is 0 Å². The van der Waals surface area contributed by atoms with E-state index in [4.69, 9.17) is 0 Å². The number of primary amides is 1. The topological polar surface area (TPSA) is 63.4 Å². The highest BCUT2D eigenvalue weighted by Gasteiger charge is 2.64. The minimum absolute atomic E-state index is 0.0875. The molecule has 0 unspecified atom stereocenters. The van der Waals surface area contributed by atoms with Crippen molar-refractivity contribution in [3.05, 3.63) is 0 Å². The van der Waals surface area contributed by atoms with Gasteiger partial charge in [0.15, 0.2) is 0 Å². The maximum Gasteiger partial charge on any atom is 0.463 e. The van der Waals surface area contributed by atoms with Gasteiger partial charge in [0.05, 0.1) is 6.54 Å². The zero-order valence-corrected chi connectivity index (χ0v) is 7.44. The molecular formula is C6H7F5N2O2. The molecule has 0 radical (unpaired) electrons. The second kappa shape index (κ2) is 3.99. The molecule has 0 aromatic carbocycles. The van der Waals surface area contributed by atoms with Gasteiger partial charge < -0.3 is 10.6 Å². The summed E-state index contributed by atoms with van der Waals surface area (Å²) in [4.78, 5) is 20.7. The van der Waals surface area contributed by atoms with E-state index in [1.807, 2.05) is 0 Å². The lowest BCUT2D eigenvalue weighted by molar-refractivity contribution is -0.273. The second-order valence-electron chi connectivity index (χ2n) is 2.70. The summed E-state index contributed by atoms with van der Waals surface area (Å²) in [6, 6.07) is 0. The molecule has 0 rings (SSSR count). The van der Waals surface area contributed by atoms with E-state index >= 15 is 0 Å². The van der Waals surface area contributed by atoms with E-state index in [0.29, 0.717) is 7.05 Å². The third kappa shape index (κ3) is 3.03. The van der Waals surface area contributed by atoms with Crippen LogP contribution < -0.4 is 5.73 Å². The van der Waals surface area contributed by atoms with Crippen molar-refractivity contribution in [1.82, 2.24) is 4.90 Å². The lowest BCUT2D eigenvalue weighted by Crippen LogP contribution is -2.52. The Balaban J connectivity index is 4.78. The summed E-state index contributed by atoms with van der Waals surface area (Å²) < 4.78 is 59.7. The number of likely N-dealkylation sites (N-methyl/N-ethyl adjacent to an activating group) is 1. The van der Waals surface area contributed by atoms with E-state index in [-0.39, 0.29) is 4.90 Å². The molecule has 88 valence electrons. The summed E-state index contributed by atoms with van der Waals surface area (Å²) >= 11 is 0. The van der Waals surface area contributed by atoms with E-state index in [2.05, 4.69) is 5.73 Å². The summed E-state index contributed by atoms with van der Waals surface area (Å²) in [5.41, 5.74) is 4.52. The second-order valence-corrected chi connectivity index (χ2v) is 2.70. The van der Waals surface area contributed by atoms with Gasteiger partial charge in [-0.2, -0.15) is 22.0 Å². The molecule has 15 heavy (non-hydrogen) atoms. The van der Waals surface area contributed by atoms with Crippen molar-refractivity contribution in [2.75, 3.05) is 13.6 Å². The highest BCUT2D eigenvalue weighted by Crippen LogP contribution is 2.36. The maximum absolute atomic E-state index is 12.4. The Morgan fingerprint density at radius 3 is 1.87 bits per heavy atom. The predicted octanol–water partition coefficient (Wildman–Crippen LogP) is 0.128. The van der Waals surface area contributed by atoms with Gasteiger partial charge in [-0.1, -0.05) is 0 Å². The summed E-state index contributed by atoms with van der Waals surface area (Å²) in [5.74, 6) is -9.23. The minimum atomic E-state index is -5.99. The quantitative estimate of drug-likeness (QED) is 0.705. The monoisotopic (exact) mass is 234 g/mol. The molecule has 0 aromatic rings. The molecule has 0 aliphatic carbocycles. The Morgan fingerprint density at radius 2 is 1.60 bits per heavy atom. The summed E-state index contributed by atoms with van der Waals surface area (Å²) in [5, 5.41) is 0. The first kappa shape index (κ1) is 13.6. The molecule has 0 saturated carbocycles. The van der Waals surface area contributed by atoms with Gasteiger partial charge in [0, 0.05) is 7.05 Å². The molecule has 2 amide bonds. The van der Waals surface area contributed by atoms with Crippen LogP contribution in [-0.2, 0) is 9.59 Å². The van der Waals surface area contributed by atoms with E-state index in [0.717, 1.165) is 0 Å². The van der Waals surface area contributed by atoms with E-state index in [1.165, 1.54) is 0 Å². The van der Waals surface area contributed by atoms with E-state index in [1.54, 1.807) is 0 Å². The molecule has 0 aromatic heterocycles. The Morgan fingerprint density at radius 1 is 1.20 bits per heavy atom. The molecular weight excluding hydrogens is 227 g/mol. The lowest BCUT2D eigenvalue weighted by Gasteiger charge is -2.23. The molecule has 0 fully saturated rings. The minimum Gasteiger partial charge on any atom is -0.368 e. The Bertz CT molecular complexity index is 275. The standard InChI is InChI=1S/C6H7F5N2O2/c1-13(2-3(12)14)4(15)5(7,8)6(9,10)11/h2H2,1H3,(H2,12,14). The van der Waals surface area contributed by atoms with Gasteiger partial charge in [0.2, 0.25) is 5.91 Å². The van der Waals surface area contributed by atoms with Gasteiger partial charge in [0.25, 0.3) is 0 Å². The van der Waals surface area contributed by atoms with Crippen LogP contribution in [-0.4, -0.2) is 42.4 Å². The number of carbonyl (C=O) groups is 2. The number of hydrogen-bond acceptors (Lipinski definition) is 2. The van der Waals surface area contributed by atoms with Crippen LogP contribution in [0.1, 0.15) is 0 Å². The molecule has 9 heteroatoms. The highest BCUT2D eigenvalue weighted by molar-refractivity contribution is 5.88. The van der Waals surface area contributed by atoms with Crippen molar-refractivity contribution in [2.45, 2.75) is 12.1 Å². The first-order valence-corrected chi connectivity index (χ1v) is 3.48. The number of hydrogen-bond donors (Lipinski definition) is 1. The van der Waals surface area contributed by atoms with Gasteiger partial charge in [-0.05, 0) is 0 Å². The third-order valence-electron chi connectivity index (χ3n) is 1.36. The van der Waals surface area contributed by atoms with Crippen molar-refractivity contribution in [2.24, 2.45) is 5.73 Å². The zero-order valence-electron chi connectivity index (χ0n) is 7.44. The number of alkyl halides is 5. The Labute approximate surface area is 80.8 Å². The van der Waals surface area contributed by atoms with Gasteiger partial charge >= 0.3 is 18.0 Å². The molecule has 0 atom stereocenters. The van der Waals surface area contributed by atoms with Gasteiger partial charge in [-0.15, -0.1) is 0 Å². The highest BCUT2D eigenvalue weighted by atomic mass is 19.4. The lowest BCUT2D eigenvalue weighted by atomic mass is 10.3. The van der Waals surface area contributed by atoms with Crippen molar-refractivity contribution in [3.8, 4) is 0 Å². The number of nitrogens with two attached hydrogens (primary N) is 1. The van der Waals surface area contributed by atoms with Crippen LogP contribution in [0.25, 0.3) is 0 Å². The summed E-state index contributed by atoms with van der Waals surface area (Å²) in [6.07, 6.45) is -5.99. The molecule has 4 nitrogen and oxygen atoms in total. The average Bonchev–Trinajstić information content (AvgIpc) is 1.99. The molecule has 0 heterocycles. The van der Waals surface area contributed by atoms with Crippen molar-refractivity contribution < 1.29 is 31.5 Å². The molecule has 0 spiro atoms. The van der Waals surface area contributed by atoms with E-state index in [9.17, 15) is 31.5 Å². The maximum atomic E-state index is 12.4. The first-order chi connectivity index (χ1) is 6.50. The number of carbonyl (C=O) groups excluding carboxylic acids is 2. The van der Waals surface area contributed by atoms with Crippen molar-refractivity contribution in [3.63, 3.8) is 0 Å². The molecule has 2 N–H and O–H groups in total.